The first kappa shape index (κ1) is 21.2. The molecule has 2 aliphatic rings. The lowest BCUT2D eigenvalue weighted by molar-refractivity contribution is -0.384. The Morgan fingerprint density at radius 1 is 1.22 bits per heavy atom. The number of rotatable bonds is 5. The van der Waals surface area contributed by atoms with Gasteiger partial charge in [-0.15, -0.1) is 0 Å². The second-order valence-corrected chi connectivity index (χ2v) is 7.37. The number of aryl methyl sites for hydroxylation is 1. The normalized spacial score (nSPS) is 14.9. The van der Waals surface area contributed by atoms with Crippen LogP contribution in [0.2, 0.25) is 0 Å². The molecular weight excluding hydrogens is 422 g/mol. The van der Waals surface area contributed by atoms with Gasteiger partial charge in [-0.05, 0) is 13.0 Å². The van der Waals surface area contributed by atoms with Crippen molar-refractivity contribution in [3.05, 3.63) is 56.4 Å². The predicted molar refractivity (Wildman–Crippen MR) is 107 cm³/mol. The first-order valence-corrected chi connectivity index (χ1v) is 9.87. The van der Waals surface area contributed by atoms with Gasteiger partial charge in [-0.2, -0.15) is 5.10 Å². The number of aromatic nitrogens is 2. The molecule has 1 aromatic heterocycles. The number of benzene rings is 1. The number of fused-ring (bicyclic) bond motifs is 2. The van der Waals surface area contributed by atoms with Gasteiger partial charge in [0, 0.05) is 44.3 Å². The van der Waals surface area contributed by atoms with E-state index in [-0.39, 0.29) is 35.7 Å². The zero-order valence-electron chi connectivity index (χ0n) is 17.4. The molecule has 4 rings (SSSR count). The predicted octanol–water partition coefficient (Wildman–Crippen LogP) is 0.686. The number of esters is 1. The Balaban J connectivity index is 1.52. The number of ether oxygens (including phenoxy) is 1. The zero-order chi connectivity index (χ0) is 23.2. The van der Waals surface area contributed by atoms with E-state index in [4.69, 9.17) is 4.74 Å². The molecule has 12 nitrogen and oxygen atoms in total. The maximum absolute atomic E-state index is 12.9. The van der Waals surface area contributed by atoms with Gasteiger partial charge in [-0.25, -0.2) is 4.79 Å². The minimum atomic E-state index is -0.756. The van der Waals surface area contributed by atoms with E-state index in [0.29, 0.717) is 24.2 Å². The van der Waals surface area contributed by atoms with Gasteiger partial charge in [0.15, 0.2) is 5.69 Å². The van der Waals surface area contributed by atoms with Gasteiger partial charge < -0.3 is 9.64 Å². The maximum atomic E-state index is 12.9. The van der Waals surface area contributed by atoms with E-state index < -0.39 is 35.2 Å². The van der Waals surface area contributed by atoms with Crippen molar-refractivity contribution in [3.63, 3.8) is 0 Å². The molecule has 0 fully saturated rings. The lowest BCUT2D eigenvalue weighted by Gasteiger charge is -2.28. The minimum absolute atomic E-state index is 0.0196. The molecule has 3 amide bonds. The first-order chi connectivity index (χ1) is 15.2. The molecule has 0 saturated heterocycles. The Morgan fingerprint density at radius 2 is 1.94 bits per heavy atom. The molecule has 32 heavy (non-hydrogen) atoms. The lowest BCUT2D eigenvalue weighted by Crippen LogP contribution is -2.44. The van der Waals surface area contributed by atoms with Crippen LogP contribution in [0.25, 0.3) is 0 Å². The smallest absolute Gasteiger partial charge is 0.356 e. The zero-order valence-corrected chi connectivity index (χ0v) is 17.4. The van der Waals surface area contributed by atoms with Crippen molar-refractivity contribution >= 4 is 29.4 Å². The lowest BCUT2D eigenvalue weighted by atomic mass is 10.1. The summed E-state index contributed by atoms with van der Waals surface area (Å²) < 4.78 is 6.50. The second-order valence-electron chi connectivity index (χ2n) is 7.37. The average molecular weight is 441 g/mol. The van der Waals surface area contributed by atoms with Crippen molar-refractivity contribution in [1.82, 2.24) is 19.6 Å². The monoisotopic (exact) mass is 441 g/mol. The van der Waals surface area contributed by atoms with Crippen molar-refractivity contribution in [3.8, 4) is 0 Å². The van der Waals surface area contributed by atoms with E-state index >= 15 is 0 Å². The van der Waals surface area contributed by atoms with Gasteiger partial charge in [0.2, 0.25) is 5.91 Å². The van der Waals surface area contributed by atoms with Crippen molar-refractivity contribution in [2.45, 2.75) is 19.9 Å². The van der Waals surface area contributed by atoms with Crippen LogP contribution in [0.3, 0.4) is 0 Å². The summed E-state index contributed by atoms with van der Waals surface area (Å²) in [6.07, 6.45) is 0.405. The number of amides is 3. The van der Waals surface area contributed by atoms with Crippen LogP contribution in [0.4, 0.5) is 5.69 Å². The highest BCUT2D eigenvalue weighted by atomic mass is 16.6. The van der Waals surface area contributed by atoms with E-state index in [1.807, 2.05) is 0 Å². The number of imide groups is 1. The summed E-state index contributed by atoms with van der Waals surface area (Å²) >= 11 is 0. The third kappa shape index (κ3) is 3.39. The van der Waals surface area contributed by atoms with E-state index in [1.165, 1.54) is 15.6 Å². The summed E-state index contributed by atoms with van der Waals surface area (Å²) in [4.78, 5) is 63.0. The fourth-order valence-corrected chi connectivity index (χ4v) is 3.94. The molecule has 0 radical (unpaired) electrons. The number of carbonyl (C=O) groups excluding carboxylic acids is 4. The fourth-order valence-electron chi connectivity index (χ4n) is 3.94. The van der Waals surface area contributed by atoms with E-state index in [1.54, 1.807) is 14.0 Å². The molecule has 0 saturated carbocycles. The maximum Gasteiger partial charge on any atom is 0.356 e. The Labute approximate surface area is 181 Å². The Hall–Kier alpha value is -4.09. The minimum Gasteiger partial charge on any atom is -0.461 e. The van der Waals surface area contributed by atoms with Crippen molar-refractivity contribution in [1.29, 1.82) is 0 Å². The summed E-state index contributed by atoms with van der Waals surface area (Å²) in [5.74, 6) is -2.47. The molecule has 0 N–H and O–H groups in total. The highest BCUT2D eigenvalue weighted by Gasteiger charge is 2.39. The Bertz CT molecular complexity index is 1190. The molecule has 0 bridgehead atoms. The van der Waals surface area contributed by atoms with Crippen LogP contribution in [0.15, 0.2) is 18.2 Å². The number of nitro benzene ring substituents is 1. The molecular formula is C20H19N5O7. The van der Waals surface area contributed by atoms with Gasteiger partial charge in [0.05, 0.1) is 28.4 Å². The topological polar surface area (TPSA) is 145 Å². The number of nitrogens with zero attached hydrogens (tertiary/aromatic N) is 5. The highest BCUT2D eigenvalue weighted by molar-refractivity contribution is 6.22. The van der Waals surface area contributed by atoms with Crippen LogP contribution in [0, 0.1) is 10.1 Å². The molecule has 0 unspecified atom stereocenters. The summed E-state index contributed by atoms with van der Waals surface area (Å²) in [6.45, 7) is 1.77. The van der Waals surface area contributed by atoms with Crippen LogP contribution in [-0.2, 0) is 29.5 Å². The Kier molecular flexibility index (Phi) is 5.20. The number of nitro groups is 1. The van der Waals surface area contributed by atoms with Gasteiger partial charge >= 0.3 is 5.97 Å². The quantitative estimate of drug-likeness (QED) is 0.285. The molecule has 12 heteroatoms. The van der Waals surface area contributed by atoms with E-state index in [0.717, 1.165) is 17.0 Å². The SMILES string of the molecule is CCOC(=O)c1c2c(nn1C)CCN(C(=O)CN1C(=O)c3ccc([N+](=O)[O-])cc3C1=O)C2. The molecule has 0 spiro atoms. The first-order valence-electron chi connectivity index (χ1n) is 9.87. The average Bonchev–Trinajstić information content (AvgIpc) is 3.21. The summed E-state index contributed by atoms with van der Waals surface area (Å²) in [6, 6.07) is 3.39. The highest BCUT2D eigenvalue weighted by Crippen LogP contribution is 2.28. The fraction of sp³-hybridized carbons (Fsp3) is 0.350. The molecule has 166 valence electrons. The standard InChI is InChI=1S/C20H19N5O7/c1-3-32-20(29)17-14-9-23(7-6-15(14)21-22(17)2)16(26)10-24-18(27)12-5-4-11(25(30)31)8-13(12)19(24)28/h4-5,8H,3,6-7,9-10H2,1-2H3. The van der Waals surface area contributed by atoms with Crippen LogP contribution >= 0.6 is 0 Å². The van der Waals surface area contributed by atoms with Crippen LogP contribution in [-0.4, -0.2) is 67.9 Å². The molecule has 3 heterocycles. The van der Waals surface area contributed by atoms with Crippen molar-refractivity contribution < 1.29 is 28.8 Å². The van der Waals surface area contributed by atoms with E-state index in [9.17, 15) is 29.3 Å². The summed E-state index contributed by atoms with van der Waals surface area (Å²) in [5, 5.41) is 15.3. The van der Waals surface area contributed by atoms with Crippen molar-refractivity contribution in [2.24, 2.45) is 7.05 Å². The molecule has 0 aliphatic carbocycles. The van der Waals surface area contributed by atoms with Gasteiger partial charge in [0.1, 0.15) is 6.54 Å². The van der Waals surface area contributed by atoms with Crippen LogP contribution < -0.4 is 0 Å². The van der Waals surface area contributed by atoms with Crippen LogP contribution in [0.5, 0.6) is 0 Å². The second kappa shape index (κ2) is 7.87. The number of carbonyl (C=O) groups is 4. The van der Waals surface area contributed by atoms with E-state index in [2.05, 4.69) is 5.10 Å². The number of hydrogen-bond acceptors (Lipinski definition) is 8. The summed E-state index contributed by atoms with van der Waals surface area (Å²) in [5.41, 5.74) is 1.12. The molecule has 1 aromatic carbocycles. The number of hydrogen-bond donors (Lipinski definition) is 0. The largest absolute Gasteiger partial charge is 0.461 e. The molecule has 2 aromatic rings. The molecule has 2 aliphatic heterocycles. The van der Waals surface area contributed by atoms with Gasteiger partial charge in [0.25, 0.3) is 17.5 Å². The van der Waals surface area contributed by atoms with Gasteiger partial charge in [-0.1, -0.05) is 0 Å². The van der Waals surface area contributed by atoms with Crippen molar-refractivity contribution in [2.75, 3.05) is 19.7 Å². The third-order valence-corrected chi connectivity index (χ3v) is 5.48. The number of non-ortho nitro benzene ring substituents is 1. The third-order valence-electron chi connectivity index (χ3n) is 5.48. The molecule has 0 atom stereocenters. The van der Waals surface area contributed by atoms with Crippen LogP contribution in [0.1, 0.15) is 49.4 Å². The van der Waals surface area contributed by atoms with Gasteiger partial charge in [-0.3, -0.25) is 34.1 Å². The summed E-state index contributed by atoms with van der Waals surface area (Å²) in [7, 11) is 1.62. The Morgan fingerprint density at radius 3 is 2.62 bits per heavy atom.